The Kier molecular flexibility index (Phi) is 4.64. The van der Waals surface area contributed by atoms with Crippen molar-refractivity contribution in [3.05, 3.63) is 88.7 Å². The van der Waals surface area contributed by atoms with E-state index in [-0.39, 0.29) is 17.6 Å². The first-order chi connectivity index (χ1) is 16.6. The van der Waals surface area contributed by atoms with Crippen LogP contribution in [0.3, 0.4) is 0 Å². The maximum Gasteiger partial charge on any atom is 0.318 e. The molecular formula is C29H30ClN3O. The van der Waals surface area contributed by atoms with Gasteiger partial charge in [-0.15, -0.1) is 0 Å². The Hall–Kier alpha value is -2.72. The van der Waals surface area contributed by atoms with Crippen molar-refractivity contribution in [2.45, 2.75) is 56.7 Å². The topological polar surface area (TPSA) is 37.3 Å². The predicted molar refractivity (Wildman–Crippen MR) is 134 cm³/mol. The van der Waals surface area contributed by atoms with Gasteiger partial charge >= 0.3 is 6.03 Å². The van der Waals surface area contributed by atoms with E-state index in [1.807, 2.05) is 23.1 Å². The molecule has 4 nitrogen and oxygen atoms in total. The molecule has 174 valence electrons. The monoisotopic (exact) mass is 471 g/mol. The highest BCUT2D eigenvalue weighted by molar-refractivity contribution is 6.30. The van der Waals surface area contributed by atoms with Crippen molar-refractivity contribution in [3.63, 3.8) is 0 Å². The van der Waals surface area contributed by atoms with Crippen LogP contribution >= 0.6 is 11.6 Å². The molecule has 5 aliphatic rings. The van der Waals surface area contributed by atoms with Crippen LogP contribution in [0.15, 0.2) is 66.9 Å². The SMILES string of the molecule is O=C(NC12CC3CC(CC(C3)C1)C2)N1Cc2ccccc2-n2cccc2[C@H]1c1cccc(Cl)c1. The molecule has 1 aromatic heterocycles. The van der Waals surface area contributed by atoms with Gasteiger partial charge in [-0.3, -0.25) is 0 Å². The molecule has 3 aromatic rings. The maximum absolute atomic E-state index is 14.2. The molecule has 1 atom stereocenters. The zero-order valence-electron chi connectivity index (χ0n) is 19.3. The zero-order valence-corrected chi connectivity index (χ0v) is 20.0. The minimum absolute atomic E-state index is 0.0292. The quantitative estimate of drug-likeness (QED) is 0.442. The van der Waals surface area contributed by atoms with Crippen LogP contribution in [0.25, 0.3) is 5.69 Å². The number of urea groups is 1. The molecule has 4 saturated carbocycles. The first-order valence-electron chi connectivity index (χ1n) is 12.7. The minimum atomic E-state index is -0.213. The molecule has 0 spiro atoms. The summed E-state index contributed by atoms with van der Waals surface area (Å²) in [6, 6.07) is 20.5. The molecule has 0 radical (unpaired) electrons. The van der Waals surface area contributed by atoms with Crippen LogP contribution in [-0.4, -0.2) is 21.0 Å². The number of rotatable bonds is 2. The number of para-hydroxylation sites is 1. The average Bonchev–Trinajstić information content (AvgIpc) is 3.22. The van der Waals surface area contributed by atoms with E-state index in [1.54, 1.807) is 0 Å². The Morgan fingerprint density at radius 2 is 1.65 bits per heavy atom. The fourth-order valence-corrected chi connectivity index (χ4v) is 8.13. The fourth-order valence-electron chi connectivity index (χ4n) is 7.93. The minimum Gasteiger partial charge on any atom is -0.332 e. The molecule has 34 heavy (non-hydrogen) atoms. The van der Waals surface area contributed by atoms with Gasteiger partial charge in [0.15, 0.2) is 0 Å². The van der Waals surface area contributed by atoms with Gasteiger partial charge in [-0.05, 0) is 97.7 Å². The van der Waals surface area contributed by atoms with E-state index < -0.39 is 0 Å². The number of hydrogen-bond acceptors (Lipinski definition) is 1. The molecule has 4 aliphatic carbocycles. The molecule has 1 aliphatic heterocycles. The van der Waals surface area contributed by atoms with Crippen LogP contribution in [0.5, 0.6) is 0 Å². The highest BCUT2D eigenvalue weighted by Gasteiger charge is 2.52. The van der Waals surface area contributed by atoms with Gasteiger partial charge in [0.05, 0.1) is 18.3 Å². The fraction of sp³-hybridized carbons (Fsp3) is 0.414. The normalized spacial score (nSPS) is 31.0. The van der Waals surface area contributed by atoms with Gasteiger partial charge in [-0.25, -0.2) is 4.79 Å². The van der Waals surface area contributed by atoms with Crippen LogP contribution in [0.2, 0.25) is 5.02 Å². The van der Waals surface area contributed by atoms with Crippen LogP contribution in [-0.2, 0) is 6.54 Å². The third-order valence-corrected chi connectivity index (χ3v) is 9.03. The number of hydrogen-bond donors (Lipinski definition) is 1. The van der Waals surface area contributed by atoms with Crippen LogP contribution in [0.4, 0.5) is 4.79 Å². The number of nitrogens with zero attached hydrogens (tertiary/aromatic N) is 2. The largest absolute Gasteiger partial charge is 0.332 e. The summed E-state index contributed by atoms with van der Waals surface area (Å²) in [6.45, 7) is 0.563. The van der Waals surface area contributed by atoms with Gasteiger partial charge in [0.1, 0.15) is 0 Å². The molecule has 0 unspecified atom stereocenters. The third-order valence-electron chi connectivity index (χ3n) is 8.80. The summed E-state index contributed by atoms with van der Waals surface area (Å²) in [5.74, 6) is 2.37. The molecular weight excluding hydrogens is 442 g/mol. The number of amides is 2. The standard InChI is InChI=1S/C29H30ClN3O/c30-24-7-3-6-22(14-24)27-26-9-4-10-32(26)25-8-2-1-5-23(25)18-33(27)28(34)31-29-15-19-11-20(16-29)13-21(12-19)17-29/h1-10,14,19-21,27H,11-13,15-18H2,(H,31,34)/t19?,20?,21?,27-,29?/m1/s1. The molecule has 4 fully saturated rings. The Morgan fingerprint density at radius 1 is 0.912 bits per heavy atom. The molecule has 2 heterocycles. The highest BCUT2D eigenvalue weighted by atomic mass is 35.5. The van der Waals surface area contributed by atoms with E-state index in [0.29, 0.717) is 11.6 Å². The van der Waals surface area contributed by atoms with Gasteiger partial charge in [0, 0.05) is 22.5 Å². The van der Waals surface area contributed by atoms with Crippen molar-refractivity contribution in [1.82, 2.24) is 14.8 Å². The van der Waals surface area contributed by atoms with E-state index in [1.165, 1.54) is 19.3 Å². The van der Waals surface area contributed by atoms with Gasteiger partial charge in [0.25, 0.3) is 0 Å². The second-order valence-corrected chi connectivity index (χ2v) is 11.6. The number of carbonyl (C=O) groups is 1. The predicted octanol–water partition coefficient (Wildman–Crippen LogP) is 6.71. The van der Waals surface area contributed by atoms with E-state index in [4.69, 9.17) is 11.6 Å². The average molecular weight is 472 g/mol. The Bertz CT molecular complexity index is 1230. The lowest BCUT2D eigenvalue weighted by Gasteiger charge is -2.57. The molecule has 0 saturated heterocycles. The summed E-state index contributed by atoms with van der Waals surface area (Å²) in [5, 5.41) is 4.33. The molecule has 1 N–H and O–H groups in total. The third kappa shape index (κ3) is 3.30. The van der Waals surface area contributed by atoms with Gasteiger partial charge in [-0.2, -0.15) is 0 Å². The number of halogens is 1. The Balaban J connectivity index is 1.31. The van der Waals surface area contributed by atoms with Crippen molar-refractivity contribution in [3.8, 4) is 5.69 Å². The summed E-state index contributed by atoms with van der Waals surface area (Å²) >= 11 is 6.44. The summed E-state index contributed by atoms with van der Waals surface area (Å²) in [4.78, 5) is 16.3. The van der Waals surface area contributed by atoms with E-state index in [2.05, 4.69) is 58.5 Å². The molecule has 8 rings (SSSR count). The van der Waals surface area contributed by atoms with E-state index >= 15 is 0 Å². The van der Waals surface area contributed by atoms with E-state index in [9.17, 15) is 4.79 Å². The lowest BCUT2D eigenvalue weighted by Crippen LogP contribution is -2.62. The second-order valence-electron chi connectivity index (χ2n) is 11.1. The van der Waals surface area contributed by atoms with E-state index in [0.717, 1.165) is 59.5 Å². The molecule has 5 heteroatoms. The number of fused-ring (bicyclic) bond motifs is 3. The van der Waals surface area contributed by atoms with Crippen molar-refractivity contribution in [2.24, 2.45) is 17.8 Å². The summed E-state index contributed by atoms with van der Waals surface area (Å²) < 4.78 is 2.24. The maximum atomic E-state index is 14.2. The van der Waals surface area contributed by atoms with Gasteiger partial charge in [0.2, 0.25) is 0 Å². The molecule has 2 amide bonds. The number of benzene rings is 2. The van der Waals surface area contributed by atoms with Crippen LogP contribution in [0.1, 0.15) is 61.4 Å². The Morgan fingerprint density at radius 3 is 2.38 bits per heavy atom. The lowest BCUT2D eigenvalue weighted by molar-refractivity contribution is -0.0163. The number of nitrogens with one attached hydrogen (secondary N) is 1. The number of carbonyl (C=O) groups excluding carboxylic acids is 1. The van der Waals surface area contributed by atoms with Crippen molar-refractivity contribution in [1.29, 1.82) is 0 Å². The summed E-state index contributed by atoms with van der Waals surface area (Å²) in [5.41, 5.74) is 4.40. The van der Waals surface area contributed by atoms with Crippen molar-refractivity contribution >= 4 is 17.6 Å². The smallest absolute Gasteiger partial charge is 0.318 e. The molecule has 4 bridgehead atoms. The van der Waals surface area contributed by atoms with Crippen molar-refractivity contribution in [2.75, 3.05) is 0 Å². The van der Waals surface area contributed by atoms with Gasteiger partial charge < -0.3 is 14.8 Å². The van der Waals surface area contributed by atoms with Crippen LogP contribution < -0.4 is 5.32 Å². The summed E-state index contributed by atoms with van der Waals surface area (Å²) in [6.07, 6.45) is 9.64. The second kappa shape index (κ2) is 7.64. The Labute approximate surface area is 205 Å². The van der Waals surface area contributed by atoms with Crippen LogP contribution in [0, 0.1) is 17.8 Å². The summed E-state index contributed by atoms with van der Waals surface area (Å²) in [7, 11) is 0. The number of aromatic nitrogens is 1. The highest BCUT2D eigenvalue weighted by Crippen LogP contribution is 2.55. The van der Waals surface area contributed by atoms with Crippen molar-refractivity contribution < 1.29 is 4.79 Å². The first kappa shape index (κ1) is 20.6. The zero-order chi connectivity index (χ0) is 22.9. The lowest BCUT2D eigenvalue weighted by atomic mass is 9.53. The first-order valence-corrected chi connectivity index (χ1v) is 13.0. The van der Waals surface area contributed by atoms with Gasteiger partial charge in [-0.1, -0.05) is 41.9 Å². The molecule has 2 aromatic carbocycles.